The van der Waals surface area contributed by atoms with Gasteiger partial charge in [0.2, 0.25) is 6.79 Å². The summed E-state index contributed by atoms with van der Waals surface area (Å²) in [6.07, 6.45) is 0.386. The molecule has 158 valence electrons. The van der Waals surface area contributed by atoms with Gasteiger partial charge in [-0.25, -0.2) is 0 Å². The predicted molar refractivity (Wildman–Crippen MR) is 96.4 cm³/mol. The lowest BCUT2D eigenvalue weighted by atomic mass is 9.98. The van der Waals surface area contributed by atoms with Gasteiger partial charge in [-0.2, -0.15) is 0 Å². The fraction of sp³-hybridized carbons (Fsp3) is 0.765. The van der Waals surface area contributed by atoms with Gasteiger partial charge in [-0.15, -0.1) is 0 Å². The third-order valence-electron chi connectivity index (χ3n) is 3.04. The van der Waals surface area contributed by atoms with E-state index in [1.807, 2.05) is 13.8 Å². The summed E-state index contributed by atoms with van der Waals surface area (Å²) in [5.41, 5.74) is 9.76. The highest BCUT2D eigenvalue weighted by atomic mass is 16.7. The molecule has 0 saturated heterocycles. The average Bonchev–Trinajstić information content (AvgIpc) is 2.51. The molecule has 0 bridgehead atoms. The van der Waals surface area contributed by atoms with Gasteiger partial charge in [-0.3, -0.25) is 19.2 Å². The van der Waals surface area contributed by atoms with Crippen LogP contribution in [0, 0.1) is 11.3 Å². The topological polar surface area (TPSA) is 179 Å². The SMILES string of the molecule is CC(C)(C)C(=O)OCOC(=O)CC[C@H](N)C(=O)O.CC(C)C[C@H](N)C(=O)O. The molecule has 10 nitrogen and oxygen atoms in total. The van der Waals surface area contributed by atoms with Gasteiger partial charge in [-0.1, -0.05) is 13.8 Å². The monoisotopic (exact) mass is 392 g/mol. The van der Waals surface area contributed by atoms with E-state index < -0.39 is 48.2 Å². The van der Waals surface area contributed by atoms with Crippen LogP contribution in [0.4, 0.5) is 0 Å². The first-order valence-corrected chi connectivity index (χ1v) is 8.48. The summed E-state index contributed by atoms with van der Waals surface area (Å²) in [7, 11) is 0. The molecule has 0 fully saturated rings. The third-order valence-corrected chi connectivity index (χ3v) is 3.04. The molecule has 0 spiro atoms. The molecule has 6 N–H and O–H groups in total. The summed E-state index contributed by atoms with van der Waals surface area (Å²) < 4.78 is 9.31. The number of nitrogens with two attached hydrogens (primary N) is 2. The van der Waals surface area contributed by atoms with Crippen molar-refractivity contribution in [3.63, 3.8) is 0 Å². The number of carbonyl (C=O) groups excluding carboxylic acids is 2. The molecule has 0 saturated carbocycles. The number of esters is 2. The van der Waals surface area contributed by atoms with Crippen molar-refractivity contribution in [1.29, 1.82) is 0 Å². The van der Waals surface area contributed by atoms with Crippen LogP contribution in [0.5, 0.6) is 0 Å². The first kappa shape index (κ1) is 27.0. The van der Waals surface area contributed by atoms with Gasteiger partial charge in [0.15, 0.2) is 0 Å². The second kappa shape index (κ2) is 13.0. The molecule has 2 atom stereocenters. The molecule has 0 rings (SSSR count). The molecule has 0 aliphatic carbocycles. The van der Waals surface area contributed by atoms with E-state index in [0.717, 1.165) is 0 Å². The van der Waals surface area contributed by atoms with Crippen molar-refractivity contribution in [2.24, 2.45) is 22.8 Å². The Morgan fingerprint density at radius 2 is 1.41 bits per heavy atom. The van der Waals surface area contributed by atoms with E-state index >= 15 is 0 Å². The molecule has 0 aliphatic rings. The van der Waals surface area contributed by atoms with E-state index in [0.29, 0.717) is 12.3 Å². The second-order valence-corrected chi connectivity index (χ2v) is 7.37. The second-order valence-electron chi connectivity index (χ2n) is 7.37. The van der Waals surface area contributed by atoms with Crippen LogP contribution in [-0.4, -0.2) is 53.0 Å². The van der Waals surface area contributed by atoms with Crippen molar-refractivity contribution in [3.05, 3.63) is 0 Å². The lowest BCUT2D eigenvalue weighted by Gasteiger charge is -2.16. The van der Waals surface area contributed by atoms with E-state index in [2.05, 4.69) is 4.74 Å². The fourth-order valence-corrected chi connectivity index (χ4v) is 1.44. The first-order valence-electron chi connectivity index (χ1n) is 8.48. The summed E-state index contributed by atoms with van der Waals surface area (Å²) in [4.78, 5) is 42.9. The van der Waals surface area contributed by atoms with Crippen LogP contribution in [-0.2, 0) is 28.7 Å². The third kappa shape index (κ3) is 15.7. The molecule has 10 heteroatoms. The lowest BCUT2D eigenvalue weighted by molar-refractivity contribution is -0.173. The van der Waals surface area contributed by atoms with Crippen molar-refractivity contribution in [2.75, 3.05) is 6.79 Å². The molecule has 0 aromatic heterocycles. The Bertz CT molecular complexity index is 500. The quantitative estimate of drug-likeness (QED) is 0.322. The van der Waals surface area contributed by atoms with Crippen LogP contribution in [0.3, 0.4) is 0 Å². The molecule has 0 heterocycles. The van der Waals surface area contributed by atoms with Crippen LogP contribution in [0.1, 0.15) is 53.9 Å². The number of aliphatic carboxylic acids is 2. The fourth-order valence-electron chi connectivity index (χ4n) is 1.44. The zero-order valence-electron chi connectivity index (χ0n) is 16.6. The largest absolute Gasteiger partial charge is 0.480 e. The Balaban J connectivity index is 0. The molecular weight excluding hydrogens is 360 g/mol. The number of hydrogen-bond acceptors (Lipinski definition) is 8. The molecule has 27 heavy (non-hydrogen) atoms. The smallest absolute Gasteiger partial charge is 0.320 e. The molecule has 0 radical (unpaired) electrons. The minimum absolute atomic E-state index is 0.0264. The number of carboxylic acid groups (broad SMARTS) is 2. The van der Waals surface area contributed by atoms with Crippen LogP contribution in [0.2, 0.25) is 0 Å². The van der Waals surface area contributed by atoms with E-state index in [1.54, 1.807) is 20.8 Å². The van der Waals surface area contributed by atoms with Crippen molar-refractivity contribution in [1.82, 2.24) is 0 Å². The standard InChI is InChI=1S/C11H19NO6.C6H13NO2/c1-11(2,3)10(16)18-6-17-8(13)5-4-7(12)9(14)15;1-4(2)3-5(7)6(8)9/h7H,4-6,12H2,1-3H3,(H,14,15);4-5H,3,7H2,1-2H3,(H,8,9)/t7-;5-/m00/s1. The normalized spacial score (nSPS) is 13.0. The molecular formula is C17H32N2O8. The minimum Gasteiger partial charge on any atom is -0.480 e. The van der Waals surface area contributed by atoms with Gasteiger partial charge in [0.25, 0.3) is 0 Å². The summed E-state index contributed by atoms with van der Waals surface area (Å²) in [5.74, 6) is -2.88. The predicted octanol–water partition coefficient (Wildman–Crippen LogP) is 0.713. The maximum atomic E-state index is 11.3. The van der Waals surface area contributed by atoms with E-state index in [9.17, 15) is 19.2 Å². The van der Waals surface area contributed by atoms with Crippen LogP contribution in [0.15, 0.2) is 0 Å². The van der Waals surface area contributed by atoms with Crippen molar-refractivity contribution < 1.29 is 38.9 Å². The maximum Gasteiger partial charge on any atom is 0.320 e. The number of carboxylic acids is 2. The van der Waals surface area contributed by atoms with Gasteiger partial charge < -0.3 is 31.2 Å². The minimum atomic E-state index is -1.18. The summed E-state index contributed by atoms with van der Waals surface area (Å²) in [5, 5.41) is 16.8. The Morgan fingerprint density at radius 1 is 0.926 bits per heavy atom. The van der Waals surface area contributed by atoms with Crippen molar-refractivity contribution >= 4 is 23.9 Å². The van der Waals surface area contributed by atoms with Crippen LogP contribution in [0.25, 0.3) is 0 Å². The zero-order valence-corrected chi connectivity index (χ0v) is 16.6. The van der Waals surface area contributed by atoms with Gasteiger partial charge in [0, 0.05) is 6.42 Å². The Morgan fingerprint density at radius 3 is 1.74 bits per heavy atom. The van der Waals surface area contributed by atoms with Gasteiger partial charge in [0.1, 0.15) is 12.1 Å². The maximum absolute atomic E-state index is 11.3. The Hall–Kier alpha value is -2.20. The molecule has 0 unspecified atom stereocenters. The summed E-state index contributed by atoms with van der Waals surface area (Å²) in [6, 6.07) is -1.79. The van der Waals surface area contributed by atoms with Crippen LogP contribution < -0.4 is 11.5 Å². The average molecular weight is 392 g/mol. The first-order chi connectivity index (χ1) is 12.2. The van der Waals surface area contributed by atoms with E-state index in [-0.39, 0.29) is 12.8 Å². The van der Waals surface area contributed by atoms with Gasteiger partial charge >= 0.3 is 23.9 Å². The van der Waals surface area contributed by atoms with E-state index in [4.69, 9.17) is 26.4 Å². The number of carbonyl (C=O) groups is 4. The number of rotatable bonds is 9. The Kier molecular flexibility index (Phi) is 13.1. The molecule has 0 aromatic rings. The van der Waals surface area contributed by atoms with Gasteiger partial charge in [-0.05, 0) is 39.5 Å². The molecule has 0 aliphatic heterocycles. The van der Waals surface area contributed by atoms with Crippen molar-refractivity contribution in [2.45, 2.75) is 66.0 Å². The highest BCUT2D eigenvalue weighted by Gasteiger charge is 2.23. The highest BCUT2D eigenvalue weighted by Crippen LogP contribution is 2.14. The summed E-state index contributed by atoms with van der Waals surface area (Å²) >= 11 is 0. The van der Waals surface area contributed by atoms with Crippen LogP contribution >= 0.6 is 0 Å². The zero-order chi connectivity index (χ0) is 21.8. The lowest BCUT2D eigenvalue weighted by Crippen LogP contribution is -2.31. The summed E-state index contributed by atoms with van der Waals surface area (Å²) in [6.45, 7) is 8.43. The highest BCUT2D eigenvalue weighted by molar-refractivity contribution is 5.76. The van der Waals surface area contributed by atoms with E-state index in [1.165, 1.54) is 0 Å². The number of ether oxygens (including phenoxy) is 2. The molecule has 0 aromatic carbocycles. The number of hydrogen-bond donors (Lipinski definition) is 4. The van der Waals surface area contributed by atoms with Crippen molar-refractivity contribution in [3.8, 4) is 0 Å². The molecule has 0 amide bonds. The Labute approximate surface area is 159 Å². The van der Waals surface area contributed by atoms with Gasteiger partial charge in [0.05, 0.1) is 5.41 Å².